The van der Waals surface area contributed by atoms with E-state index in [4.69, 9.17) is 5.84 Å². The van der Waals surface area contributed by atoms with Gasteiger partial charge < -0.3 is 5.11 Å². The fourth-order valence-corrected chi connectivity index (χ4v) is 5.46. The van der Waals surface area contributed by atoms with E-state index in [-0.39, 0.29) is 24.0 Å². The first-order valence-electron chi connectivity index (χ1n) is 10.2. The number of hydrogen-bond donors (Lipinski definition) is 3. The summed E-state index contributed by atoms with van der Waals surface area (Å²) < 4.78 is 24.0. The van der Waals surface area contributed by atoms with Gasteiger partial charge in [-0.25, -0.2) is 14.3 Å². The molecule has 1 heterocycles. The molecule has 0 saturated carbocycles. The number of rotatable bonds is 10. The molecule has 0 saturated heterocycles. The Morgan fingerprint density at radius 1 is 1.31 bits per heavy atom. The number of carbonyl (C=O) groups is 2. The van der Waals surface area contributed by atoms with Gasteiger partial charge in [-0.05, 0) is 42.5 Å². The van der Waals surface area contributed by atoms with Gasteiger partial charge in [-0.15, -0.1) is 0 Å². The standard InChI is InChI=1S/C23H29N3O5S/c1-4-12-23(22(29)26-24,32(3,30)31)20-11-10-16(2)14-19(20)18(21(27)28)9-5-7-17-8-6-13-25-15-17/h5-8,10-11,13-15,18H,4,9,12,24H2,1-3H3,(H,26,29)(H,27,28)/b7-5+/t18?,23-/m1/s1. The molecule has 4 N–H and O–H groups in total. The van der Waals surface area contributed by atoms with E-state index in [1.165, 1.54) is 6.07 Å². The molecular formula is C23H29N3O5S. The number of carboxylic acid groups (broad SMARTS) is 1. The van der Waals surface area contributed by atoms with Crippen LogP contribution in [0.4, 0.5) is 0 Å². The molecule has 0 aliphatic carbocycles. The highest BCUT2D eigenvalue weighted by molar-refractivity contribution is 7.92. The first-order valence-corrected chi connectivity index (χ1v) is 12.1. The highest BCUT2D eigenvalue weighted by Crippen LogP contribution is 2.41. The van der Waals surface area contributed by atoms with Crippen molar-refractivity contribution >= 4 is 27.8 Å². The summed E-state index contributed by atoms with van der Waals surface area (Å²) in [7, 11) is -4.02. The maximum absolute atomic E-state index is 13.0. The molecule has 1 aromatic heterocycles. The van der Waals surface area contributed by atoms with E-state index >= 15 is 0 Å². The Morgan fingerprint density at radius 3 is 2.56 bits per heavy atom. The molecule has 0 aliphatic heterocycles. The molecule has 32 heavy (non-hydrogen) atoms. The van der Waals surface area contributed by atoms with Crippen molar-refractivity contribution in [3.8, 4) is 0 Å². The summed E-state index contributed by atoms with van der Waals surface area (Å²) in [5, 5.41) is 10.0. The average Bonchev–Trinajstić information content (AvgIpc) is 2.74. The molecule has 9 heteroatoms. The third kappa shape index (κ3) is 5.23. The van der Waals surface area contributed by atoms with E-state index < -0.39 is 32.4 Å². The molecule has 1 aromatic carbocycles. The minimum Gasteiger partial charge on any atom is -0.481 e. The van der Waals surface area contributed by atoms with Crippen molar-refractivity contribution in [1.82, 2.24) is 10.4 Å². The maximum Gasteiger partial charge on any atom is 0.311 e. The number of hydrogen-bond acceptors (Lipinski definition) is 6. The quantitative estimate of drug-likeness (QED) is 0.282. The van der Waals surface area contributed by atoms with E-state index in [1.807, 2.05) is 11.5 Å². The molecule has 0 radical (unpaired) electrons. The molecule has 1 unspecified atom stereocenters. The van der Waals surface area contributed by atoms with Gasteiger partial charge in [-0.1, -0.05) is 55.3 Å². The van der Waals surface area contributed by atoms with E-state index in [1.54, 1.807) is 56.6 Å². The van der Waals surface area contributed by atoms with Crippen LogP contribution in [0.25, 0.3) is 6.08 Å². The number of pyridine rings is 1. The second-order valence-electron chi connectivity index (χ2n) is 7.73. The number of aromatic nitrogens is 1. The van der Waals surface area contributed by atoms with Crippen molar-refractivity contribution in [2.75, 3.05) is 6.26 Å². The molecule has 172 valence electrons. The number of hydrazine groups is 1. The van der Waals surface area contributed by atoms with Crippen LogP contribution in [-0.4, -0.2) is 36.6 Å². The molecule has 0 fully saturated rings. The Hall–Kier alpha value is -3.04. The number of amides is 1. The zero-order valence-electron chi connectivity index (χ0n) is 18.4. The zero-order valence-corrected chi connectivity index (χ0v) is 19.2. The highest BCUT2D eigenvalue weighted by atomic mass is 32.2. The van der Waals surface area contributed by atoms with Crippen LogP contribution < -0.4 is 11.3 Å². The lowest BCUT2D eigenvalue weighted by Gasteiger charge is -2.33. The molecule has 0 aliphatic rings. The minimum absolute atomic E-state index is 0.0389. The van der Waals surface area contributed by atoms with Gasteiger partial charge >= 0.3 is 5.97 Å². The average molecular weight is 460 g/mol. The van der Waals surface area contributed by atoms with Gasteiger partial charge in [0, 0.05) is 18.6 Å². The number of benzene rings is 1. The second-order valence-corrected chi connectivity index (χ2v) is 9.97. The lowest BCUT2D eigenvalue weighted by molar-refractivity contribution is -0.138. The van der Waals surface area contributed by atoms with Crippen LogP contribution in [0.3, 0.4) is 0 Å². The van der Waals surface area contributed by atoms with Crippen LogP contribution in [0.2, 0.25) is 0 Å². The van der Waals surface area contributed by atoms with E-state index in [0.29, 0.717) is 6.42 Å². The van der Waals surface area contributed by atoms with E-state index in [9.17, 15) is 23.1 Å². The van der Waals surface area contributed by atoms with Gasteiger partial charge in [-0.3, -0.25) is 20.0 Å². The Morgan fingerprint density at radius 2 is 2.03 bits per heavy atom. The Bertz CT molecular complexity index is 1100. The Balaban J connectivity index is 2.69. The smallest absolute Gasteiger partial charge is 0.311 e. The van der Waals surface area contributed by atoms with Gasteiger partial charge in [-0.2, -0.15) is 0 Å². The molecule has 0 bridgehead atoms. The molecule has 2 atom stereocenters. The molecular weight excluding hydrogens is 430 g/mol. The van der Waals surface area contributed by atoms with Crippen molar-refractivity contribution in [3.05, 3.63) is 71.1 Å². The van der Waals surface area contributed by atoms with Crippen LogP contribution >= 0.6 is 0 Å². The molecule has 2 aromatic rings. The van der Waals surface area contributed by atoms with Crippen molar-refractivity contribution in [2.24, 2.45) is 5.84 Å². The summed E-state index contributed by atoms with van der Waals surface area (Å²) in [6, 6.07) is 8.42. The summed E-state index contributed by atoms with van der Waals surface area (Å²) in [5.41, 5.74) is 3.95. The van der Waals surface area contributed by atoms with Gasteiger partial charge in [0.15, 0.2) is 14.6 Å². The van der Waals surface area contributed by atoms with E-state index in [2.05, 4.69) is 4.98 Å². The predicted molar refractivity (Wildman–Crippen MR) is 123 cm³/mol. The SMILES string of the molecule is CCC[C@](C(=O)NN)(c1ccc(C)cc1C(C/C=C/c1cccnc1)C(=O)O)S(C)(=O)=O. The minimum atomic E-state index is -4.02. The van der Waals surface area contributed by atoms with Crippen LogP contribution in [-0.2, 0) is 24.2 Å². The summed E-state index contributed by atoms with van der Waals surface area (Å²) in [5.74, 6) is 2.31. The fraction of sp³-hybridized carbons (Fsp3) is 0.348. The monoisotopic (exact) mass is 459 g/mol. The lowest BCUT2D eigenvalue weighted by Crippen LogP contribution is -2.52. The molecule has 0 spiro atoms. The Labute approximate surface area is 188 Å². The number of allylic oxidation sites excluding steroid dienone is 1. The lowest BCUT2D eigenvalue weighted by atomic mass is 9.82. The number of sulfone groups is 1. The number of nitrogens with one attached hydrogen (secondary N) is 1. The topological polar surface area (TPSA) is 139 Å². The Kier molecular flexibility index (Phi) is 8.29. The fourth-order valence-electron chi connectivity index (χ4n) is 3.91. The normalized spacial score (nSPS) is 14.6. The van der Waals surface area contributed by atoms with Crippen LogP contribution in [0.5, 0.6) is 0 Å². The van der Waals surface area contributed by atoms with Crippen LogP contribution in [0, 0.1) is 6.92 Å². The van der Waals surface area contributed by atoms with Crippen molar-refractivity contribution in [1.29, 1.82) is 0 Å². The zero-order chi connectivity index (χ0) is 23.9. The van der Waals surface area contributed by atoms with Gasteiger partial charge in [0.1, 0.15) is 0 Å². The molecule has 8 nitrogen and oxygen atoms in total. The number of carbonyl (C=O) groups excluding carboxylic acids is 1. The van der Waals surface area contributed by atoms with Gasteiger partial charge in [0.05, 0.1) is 5.92 Å². The molecule has 2 rings (SSSR count). The maximum atomic E-state index is 13.0. The number of nitrogens with zero attached hydrogens (tertiary/aromatic N) is 1. The summed E-state index contributed by atoms with van der Waals surface area (Å²) in [6.07, 6.45) is 8.13. The summed E-state index contributed by atoms with van der Waals surface area (Å²) in [4.78, 5) is 29.2. The van der Waals surface area contributed by atoms with Crippen LogP contribution in [0.15, 0.2) is 48.8 Å². The third-order valence-corrected chi connectivity index (χ3v) is 7.29. The first kappa shape index (κ1) is 25.2. The number of aliphatic carboxylic acids is 1. The highest BCUT2D eigenvalue weighted by Gasteiger charge is 2.50. The van der Waals surface area contributed by atoms with Crippen molar-refractivity contribution in [2.45, 2.75) is 43.8 Å². The predicted octanol–water partition coefficient (Wildman–Crippen LogP) is 2.69. The van der Waals surface area contributed by atoms with Gasteiger partial charge in [0.25, 0.3) is 5.91 Å². The van der Waals surface area contributed by atoms with E-state index in [0.717, 1.165) is 17.4 Å². The second kappa shape index (κ2) is 10.5. The number of nitrogens with two attached hydrogens (primary N) is 1. The third-order valence-electron chi connectivity index (χ3n) is 5.42. The van der Waals surface area contributed by atoms with Gasteiger partial charge in [0.2, 0.25) is 0 Å². The summed E-state index contributed by atoms with van der Waals surface area (Å²) >= 11 is 0. The van der Waals surface area contributed by atoms with Crippen LogP contribution in [0.1, 0.15) is 54.4 Å². The first-order chi connectivity index (χ1) is 15.1. The number of aryl methyl sites for hydroxylation is 1. The molecule has 1 amide bonds. The summed E-state index contributed by atoms with van der Waals surface area (Å²) in [6.45, 7) is 3.53. The number of carboxylic acids is 1. The van der Waals surface area contributed by atoms with Crippen molar-refractivity contribution in [3.63, 3.8) is 0 Å². The largest absolute Gasteiger partial charge is 0.481 e. The van der Waals surface area contributed by atoms with Crippen molar-refractivity contribution < 1.29 is 23.1 Å².